The molecule has 0 radical (unpaired) electrons. The van der Waals surface area contributed by atoms with Crippen LogP contribution in [0.25, 0.3) is 20.4 Å². The molecular formula is C21H21FN4S2. The lowest BCUT2D eigenvalue weighted by Crippen LogP contribution is -2.38. The van der Waals surface area contributed by atoms with Crippen molar-refractivity contribution < 1.29 is 4.39 Å². The highest BCUT2D eigenvalue weighted by atomic mass is 32.1. The van der Waals surface area contributed by atoms with Gasteiger partial charge in [0.15, 0.2) is 5.82 Å². The van der Waals surface area contributed by atoms with E-state index in [2.05, 4.69) is 40.2 Å². The second-order valence-electron chi connectivity index (χ2n) is 7.48. The van der Waals surface area contributed by atoms with Crippen LogP contribution in [0.1, 0.15) is 30.6 Å². The maximum absolute atomic E-state index is 14.7. The lowest BCUT2D eigenvalue weighted by molar-refractivity contribution is 0.176. The second kappa shape index (κ2) is 7.06. The van der Waals surface area contributed by atoms with Crippen LogP contribution in [0.4, 0.5) is 15.8 Å². The quantitative estimate of drug-likeness (QED) is 0.449. The van der Waals surface area contributed by atoms with Crippen LogP contribution in [0, 0.1) is 5.82 Å². The fraction of sp³-hybridized carbons (Fsp3) is 0.333. The summed E-state index contributed by atoms with van der Waals surface area (Å²) in [6.45, 7) is 3.42. The van der Waals surface area contributed by atoms with Crippen molar-refractivity contribution in [2.45, 2.75) is 31.7 Å². The van der Waals surface area contributed by atoms with Crippen molar-refractivity contribution in [2.75, 3.05) is 18.9 Å². The van der Waals surface area contributed by atoms with Crippen molar-refractivity contribution in [3.8, 4) is 0 Å². The average molecular weight is 413 g/mol. The molecule has 0 bridgehead atoms. The molecule has 2 atom stereocenters. The molecule has 1 N–H and O–H groups in total. The van der Waals surface area contributed by atoms with Gasteiger partial charge >= 0.3 is 0 Å². The van der Waals surface area contributed by atoms with Gasteiger partial charge in [0.1, 0.15) is 4.83 Å². The van der Waals surface area contributed by atoms with E-state index in [1.165, 1.54) is 23.9 Å². The summed E-state index contributed by atoms with van der Waals surface area (Å²) in [5.74, 6) is 0.143. The van der Waals surface area contributed by atoms with Crippen molar-refractivity contribution in [2.24, 2.45) is 0 Å². The van der Waals surface area contributed by atoms with Crippen molar-refractivity contribution in [1.29, 1.82) is 0 Å². The number of anilines is 2. The van der Waals surface area contributed by atoms with Gasteiger partial charge in [-0.25, -0.2) is 14.4 Å². The number of pyridine rings is 1. The van der Waals surface area contributed by atoms with Gasteiger partial charge in [-0.05, 0) is 57.6 Å². The van der Waals surface area contributed by atoms with Crippen LogP contribution in [0.15, 0.2) is 36.0 Å². The summed E-state index contributed by atoms with van der Waals surface area (Å²) < 4.78 is 15.8. The Bertz CT molecular complexity index is 1150. The molecule has 7 heteroatoms. The van der Waals surface area contributed by atoms with Crippen LogP contribution in [0.2, 0.25) is 0 Å². The zero-order chi connectivity index (χ0) is 19.3. The first kappa shape index (κ1) is 18.0. The molecule has 1 aliphatic rings. The Kier molecular flexibility index (Phi) is 4.53. The van der Waals surface area contributed by atoms with E-state index in [0.717, 1.165) is 32.7 Å². The Balaban J connectivity index is 1.54. The van der Waals surface area contributed by atoms with Gasteiger partial charge in [-0.3, -0.25) is 0 Å². The zero-order valence-electron chi connectivity index (χ0n) is 15.8. The summed E-state index contributed by atoms with van der Waals surface area (Å²) in [5.41, 5.74) is 4.08. The van der Waals surface area contributed by atoms with Gasteiger partial charge in [-0.1, -0.05) is 0 Å². The minimum absolute atomic E-state index is 0.330. The first-order chi connectivity index (χ1) is 13.6. The number of hydrogen-bond donors (Lipinski definition) is 1. The third kappa shape index (κ3) is 3.07. The van der Waals surface area contributed by atoms with Crippen LogP contribution < -0.4 is 5.32 Å². The molecule has 3 aromatic heterocycles. The number of benzene rings is 1. The monoisotopic (exact) mass is 412 g/mol. The summed E-state index contributed by atoms with van der Waals surface area (Å²) in [6.07, 6.45) is 3.69. The summed E-state index contributed by atoms with van der Waals surface area (Å²) in [4.78, 5) is 13.3. The topological polar surface area (TPSA) is 41.1 Å². The van der Waals surface area contributed by atoms with E-state index >= 15 is 0 Å². The highest BCUT2D eigenvalue weighted by Crippen LogP contribution is 2.41. The Labute approximate surface area is 171 Å². The van der Waals surface area contributed by atoms with Crippen LogP contribution in [-0.2, 0) is 0 Å². The van der Waals surface area contributed by atoms with Gasteiger partial charge in [0.05, 0.1) is 27.6 Å². The van der Waals surface area contributed by atoms with Gasteiger partial charge in [0.2, 0.25) is 0 Å². The summed E-state index contributed by atoms with van der Waals surface area (Å²) in [5, 5.41) is 4.14. The van der Waals surface area contributed by atoms with E-state index in [9.17, 15) is 4.39 Å². The average Bonchev–Trinajstić information content (AvgIpc) is 3.32. The summed E-state index contributed by atoms with van der Waals surface area (Å²) >= 11 is 3.29. The molecule has 144 valence electrons. The highest BCUT2D eigenvalue weighted by molar-refractivity contribution is 7.18. The van der Waals surface area contributed by atoms with E-state index in [1.54, 1.807) is 22.7 Å². The molecule has 0 spiro atoms. The summed E-state index contributed by atoms with van der Waals surface area (Å²) in [7, 11) is 2.18. The predicted octanol–water partition coefficient (Wildman–Crippen LogP) is 5.99. The largest absolute Gasteiger partial charge is 0.352 e. The van der Waals surface area contributed by atoms with Crippen LogP contribution >= 0.6 is 22.7 Å². The highest BCUT2D eigenvalue weighted by Gasteiger charge is 2.28. The Morgan fingerprint density at radius 2 is 2.14 bits per heavy atom. The lowest BCUT2D eigenvalue weighted by Gasteiger charge is -2.36. The number of piperidine rings is 1. The van der Waals surface area contributed by atoms with Gasteiger partial charge < -0.3 is 10.2 Å². The number of likely N-dealkylation sites (N-methyl/N-ethyl adjacent to an activating group) is 1. The number of rotatable bonds is 3. The number of halogens is 1. The Hall–Kier alpha value is -2.09. The molecule has 1 aliphatic heterocycles. The number of thiophene rings is 1. The molecule has 4 nitrogen and oxygen atoms in total. The molecule has 0 amide bonds. The fourth-order valence-corrected chi connectivity index (χ4v) is 5.97. The van der Waals surface area contributed by atoms with Gasteiger partial charge in [-0.2, -0.15) is 0 Å². The van der Waals surface area contributed by atoms with Crippen molar-refractivity contribution in [3.63, 3.8) is 0 Å². The summed E-state index contributed by atoms with van der Waals surface area (Å²) in [6, 6.07) is 8.57. The molecule has 1 saturated heterocycles. The van der Waals surface area contributed by atoms with E-state index in [1.807, 2.05) is 23.7 Å². The number of fused-ring (bicyclic) bond motifs is 2. The molecule has 1 aromatic carbocycles. The Morgan fingerprint density at radius 1 is 1.25 bits per heavy atom. The molecule has 4 aromatic rings. The van der Waals surface area contributed by atoms with E-state index in [0.29, 0.717) is 17.6 Å². The molecule has 0 saturated carbocycles. The SMILES string of the molecule is C[C@@H]1[C@@H](c2cc3c(Nc4ccc5scnc5c4)c(F)cnc3s2)CCCN1C. The molecular weight excluding hydrogens is 391 g/mol. The van der Waals surface area contributed by atoms with Gasteiger partial charge in [0, 0.05) is 27.9 Å². The Morgan fingerprint density at radius 3 is 3.04 bits per heavy atom. The first-order valence-electron chi connectivity index (χ1n) is 9.48. The maximum Gasteiger partial charge on any atom is 0.165 e. The maximum atomic E-state index is 14.7. The lowest BCUT2D eigenvalue weighted by atomic mass is 9.89. The van der Waals surface area contributed by atoms with Crippen LogP contribution in [0.5, 0.6) is 0 Å². The molecule has 1 fully saturated rings. The predicted molar refractivity (Wildman–Crippen MR) is 117 cm³/mol. The molecule has 0 unspecified atom stereocenters. The first-order valence-corrected chi connectivity index (χ1v) is 11.2. The third-order valence-corrected chi connectivity index (χ3v) is 7.79. The van der Waals surface area contributed by atoms with Gasteiger partial charge in [0.25, 0.3) is 0 Å². The minimum Gasteiger partial charge on any atom is -0.352 e. The van der Waals surface area contributed by atoms with E-state index in [-0.39, 0.29) is 5.82 Å². The van der Waals surface area contributed by atoms with Gasteiger partial charge in [-0.15, -0.1) is 22.7 Å². The molecule has 28 heavy (non-hydrogen) atoms. The number of hydrogen-bond acceptors (Lipinski definition) is 6. The number of likely N-dealkylation sites (tertiary alicyclic amines) is 1. The van der Waals surface area contributed by atoms with Crippen LogP contribution in [-0.4, -0.2) is 34.5 Å². The molecule has 5 rings (SSSR count). The fourth-order valence-electron chi connectivity index (χ4n) is 4.07. The zero-order valence-corrected chi connectivity index (χ0v) is 17.4. The van der Waals surface area contributed by atoms with E-state index in [4.69, 9.17) is 0 Å². The van der Waals surface area contributed by atoms with Crippen molar-refractivity contribution in [3.05, 3.63) is 46.7 Å². The number of thiazole rings is 1. The number of nitrogens with one attached hydrogen (secondary N) is 1. The van der Waals surface area contributed by atoms with Crippen molar-refractivity contribution >= 4 is 54.5 Å². The van der Waals surface area contributed by atoms with Crippen molar-refractivity contribution in [1.82, 2.24) is 14.9 Å². The second-order valence-corrected chi connectivity index (χ2v) is 9.43. The van der Waals surface area contributed by atoms with E-state index < -0.39 is 0 Å². The number of aromatic nitrogens is 2. The molecule has 0 aliphatic carbocycles. The number of nitrogens with zero attached hydrogens (tertiary/aromatic N) is 3. The molecule has 4 heterocycles. The minimum atomic E-state index is -0.330. The normalized spacial score (nSPS) is 20.8. The standard InChI is InChI=1S/C21H21FN4S2/c1-12-14(4-3-7-26(12)2)19-9-15-20(16(22)10-23-21(15)28-19)25-13-5-6-18-17(8-13)24-11-27-18/h5-6,8-12,14H,3-4,7H2,1-2H3,(H,23,25)/t12-,14+/m1/s1. The smallest absolute Gasteiger partial charge is 0.165 e. The van der Waals surface area contributed by atoms with Crippen LogP contribution in [0.3, 0.4) is 0 Å². The third-order valence-electron chi connectivity index (χ3n) is 5.80.